The van der Waals surface area contributed by atoms with Gasteiger partial charge < -0.3 is 0 Å². The first-order valence-electron chi connectivity index (χ1n) is 49.7. The van der Waals surface area contributed by atoms with E-state index in [0.29, 0.717) is 23.7 Å². The standard InChI is InChI=1S/C36H42N.C35H40N.C29H34NSi.C26H25FN/c1-24(2)35-23-37(4)36(33-12-8-5-9-25(33)3)22-34(35)32-18-17-30-20-29(15-16-31(30)21-32)28-14-13-26-10-6-7-11-27(26)19-28;1-23(2)34-22-36(4)35(32-12-8-5-9-24(32)3)21-33(34)30-16-15-27-17-29(14-13-28(27)18-30)31-19-25-10-6-7-11-26(25)20-31;1-20(2)28-19-30(4)29(26-11-9-8-10-21(26)3)18-27(28)24-13-12-23-17-25(31(5,6)7)15-14-22(23)16-24;1-17(2)25-16-28(4)26(23-8-6-5-7-18(23)3)15-24(25)21-10-9-20-14-22(27)12-11-19(20)13-21/h5,8-9,12,15-18,20-24,26-28H,6-7,10-11,13-14,19H2,1-4H3;5,8-9,12-18,21-23,25-26,31H,6-7,10-11,19-20H2,1-4H3;8-20H,1-7H3;5-17H,1-4H3/q4*+1. The Labute approximate surface area is 789 Å². The maximum atomic E-state index is 13.6. The molecule has 0 radical (unpaired) electrons. The second-order valence-corrected chi connectivity index (χ2v) is 47.2. The molecule has 4 aliphatic carbocycles. The zero-order chi connectivity index (χ0) is 92.5. The molecule has 16 aromatic rings. The summed E-state index contributed by atoms with van der Waals surface area (Å²) in [4.78, 5) is 0. The average Bonchev–Trinajstić information content (AvgIpc) is 0.821. The lowest BCUT2D eigenvalue weighted by Crippen LogP contribution is -2.37. The Morgan fingerprint density at radius 3 is 0.871 bits per heavy atom. The largest absolute Gasteiger partial charge is 0.213 e. The average molecular weight is 1760 g/mol. The summed E-state index contributed by atoms with van der Waals surface area (Å²) in [5.41, 5.74) is 34.3. The van der Waals surface area contributed by atoms with Gasteiger partial charge in [-0.1, -0.05) is 314 Å². The lowest BCUT2D eigenvalue weighted by Gasteiger charge is -2.39. The van der Waals surface area contributed by atoms with Crippen molar-refractivity contribution >= 4 is 56.4 Å². The van der Waals surface area contributed by atoms with Gasteiger partial charge in [0.05, 0.1) is 8.07 Å². The third kappa shape index (κ3) is 20.0. The predicted octanol–water partition coefficient (Wildman–Crippen LogP) is 32.2. The van der Waals surface area contributed by atoms with E-state index in [1.54, 1.807) is 17.2 Å². The summed E-state index contributed by atoms with van der Waals surface area (Å²) >= 11 is 0. The van der Waals surface area contributed by atoms with E-state index >= 15 is 0 Å². The molecule has 672 valence electrons. The molecule has 4 saturated carbocycles. The van der Waals surface area contributed by atoms with E-state index in [4.69, 9.17) is 0 Å². The van der Waals surface area contributed by atoms with Gasteiger partial charge >= 0.3 is 0 Å². The second-order valence-electron chi connectivity index (χ2n) is 42.1. The summed E-state index contributed by atoms with van der Waals surface area (Å²) in [6, 6.07) is 98.3. The van der Waals surface area contributed by atoms with Crippen molar-refractivity contribution in [2.24, 2.45) is 51.9 Å². The number of rotatable bonds is 15. The molecule has 5 atom stereocenters. The zero-order valence-corrected chi connectivity index (χ0v) is 83.3. The molecule has 5 unspecified atom stereocenters. The summed E-state index contributed by atoms with van der Waals surface area (Å²) in [6.45, 7) is 34.2. The number of hydrogen-bond donors (Lipinski definition) is 0. The van der Waals surface area contributed by atoms with Crippen molar-refractivity contribution in [2.45, 2.75) is 222 Å². The maximum Gasteiger partial charge on any atom is 0.213 e. The van der Waals surface area contributed by atoms with Gasteiger partial charge in [-0.25, -0.2) is 22.7 Å². The first-order chi connectivity index (χ1) is 63.5. The Kier molecular flexibility index (Phi) is 27.7. The van der Waals surface area contributed by atoms with E-state index in [2.05, 4.69) is 417 Å². The second kappa shape index (κ2) is 39.7. The van der Waals surface area contributed by atoms with Crippen LogP contribution in [-0.2, 0) is 28.2 Å². The van der Waals surface area contributed by atoms with Crippen LogP contribution in [0.4, 0.5) is 4.39 Å². The van der Waals surface area contributed by atoms with E-state index in [1.807, 2.05) is 12.1 Å². The van der Waals surface area contributed by atoms with Crippen molar-refractivity contribution < 1.29 is 22.7 Å². The molecule has 0 bridgehead atoms. The fourth-order valence-corrected chi connectivity index (χ4v) is 24.0. The topological polar surface area (TPSA) is 15.5 Å². The fraction of sp³-hybridized carbons (Fsp3) is 0.333. The SMILES string of the molecule is Cc1ccccc1-c1cc(-c2ccc3cc(C4CC5CCCCC5C4)ccc3c2)c(C(C)C)c[n+]1C.Cc1ccccc1-c1cc(-c2ccc3cc(C4CCC5CCCCC5C4)ccc3c2)c(C(C)C)c[n+]1C.Cc1ccccc1-c1cc(-c2ccc3cc(F)ccc3c2)c(C(C)C)c[n+]1C.Cc1ccccc1-c1cc(-c2ccc3cc([Si](C)(C)C)ccc3c2)c(C(C)C)c[n+]1C. The van der Waals surface area contributed by atoms with E-state index < -0.39 is 8.07 Å². The van der Waals surface area contributed by atoms with Gasteiger partial charge in [0.1, 0.15) is 34.0 Å². The molecule has 20 rings (SSSR count). The number of halogens is 1. The monoisotopic (exact) mass is 1760 g/mol. The highest BCUT2D eigenvalue weighted by Gasteiger charge is 2.38. The van der Waals surface area contributed by atoms with Crippen LogP contribution in [0.1, 0.15) is 230 Å². The fourth-order valence-electron chi connectivity index (χ4n) is 22.8. The van der Waals surface area contributed by atoms with Crippen LogP contribution in [0.25, 0.3) is 133 Å². The maximum absolute atomic E-state index is 13.6. The molecule has 0 saturated heterocycles. The number of hydrogen-bond acceptors (Lipinski definition) is 0. The number of fused-ring (bicyclic) bond motifs is 6. The molecule has 0 spiro atoms. The molecule has 0 amide bonds. The molecular weight excluding hydrogens is 1620 g/mol. The van der Waals surface area contributed by atoms with Crippen molar-refractivity contribution in [3.63, 3.8) is 0 Å². The first-order valence-corrected chi connectivity index (χ1v) is 53.2. The molecular formula is C126H141FN4Si+4. The number of aryl methyl sites for hydroxylation is 8. The van der Waals surface area contributed by atoms with Crippen LogP contribution in [0.2, 0.25) is 19.6 Å². The van der Waals surface area contributed by atoms with Crippen LogP contribution in [0.15, 0.2) is 292 Å². The predicted molar refractivity (Wildman–Crippen MR) is 562 cm³/mol. The van der Waals surface area contributed by atoms with Gasteiger partial charge in [-0.2, -0.15) is 0 Å². The normalized spacial score (nSPS) is 17.3. The lowest BCUT2D eigenvalue weighted by molar-refractivity contribution is -0.660. The van der Waals surface area contributed by atoms with Gasteiger partial charge in [-0.3, -0.25) is 0 Å². The molecule has 4 aliphatic rings. The molecule has 4 aromatic heterocycles. The van der Waals surface area contributed by atoms with Crippen molar-refractivity contribution in [1.82, 2.24) is 0 Å². The Morgan fingerprint density at radius 1 is 0.265 bits per heavy atom. The summed E-state index contributed by atoms with van der Waals surface area (Å²) in [5.74, 6) is 7.05. The van der Waals surface area contributed by atoms with Crippen LogP contribution in [0.3, 0.4) is 0 Å². The van der Waals surface area contributed by atoms with E-state index in [0.717, 1.165) is 46.3 Å². The molecule has 4 heterocycles. The third-order valence-corrected chi connectivity index (χ3v) is 32.6. The minimum absolute atomic E-state index is 0.198. The van der Waals surface area contributed by atoms with E-state index in [-0.39, 0.29) is 5.82 Å². The quantitative estimate of drug-likeness (QED) is 0.0718. The van der Waals surface area contributed by atoms with Gasteiger partial charge in [-0.05, 0) is 301 Å². The van der Waals surface area contributed by atoms with Crippen LogP contribution < -0.4 is 23.5 Å². The smallest absolute Gasteiger partial charge is 0.207 e. The minimum atomic E-state index is -1.31. The number of nitrogens with zero attached hydrogens (tertiary/aromatic N) is 4. The van der Waals surface area contributed by atoms with Gasteiger partial charge in [0.25, 0.3) is 0 Å². The van der Waals surface area contributed by atoms with Crippen LogP contribution in [-0.4, -0.2) is 8.07 Å². The summed E-state index contributed by atoms with van der Waals surface area (Å²) < 4.78 is 22.7. The van der Waals surface area contributed by atoms with E-state index in [1.165, 1.54) is 261 Å². The molecule has 12 aromatic carbocycles. The molecule has 132 heavy (non-hydrogen) atoms. The van der Waals surface area contributed by atoms with Gasteiger partial charge in [0, 0.05) is 68.8 Å². The van der Waals surface area contributed by atoms with E-state index in [9.17, 15) is 4.39 Å². The zero-order valence-electron chi connectivity index (χ0n) is 82.3. The summed E-state index contributed by atoms with van der Waals surface area (Å²) in [6.07, 6.45) is 28.0. The third-order valence-electron chi connectivity index (χ3n) is 30.6. The first kappa shape index (κ1) is 92.3. The molecule has 0 N–H and O–H groups in total. The molecule has 4 fully saturated rings. The highest BCUT2D eigenvalue weighted by Crippen LogP contribution is 2.51. The van der Waals surface area contributed by atoms with Crippen LogP contribution in [0, 0.1) is 57.2 Å². The van der Waals surface area contributed by atoms with Crippen molar-refractivity contribution in [2.75, 3.05) is 0 Å². The van der Waals surface area contributed by atoms with Crippen LogP contribution >= 0.6 is 0 Å². The Balaban J connectivity index is 0.000000124. The Morgan fingerprint density at radius 2 is 0.538 bits per heavy atom. The van der Waals surface area contributed by atoms with Crippen LogP contribution in [0.5, 0.6) is 0 Å². The molecule has 4 nitrogen and oxygen atoms in total. The summed E-state index contributed by atoms with van der Waals surface area (Å²) in [5, 5.41) is 11.6. The Hall–Kier alpha value is -11.6. The Bertz CT molecular complexity index is 6920. The lowest BCUT2D eigenvalue weighted by atomic mass is 9.66. The van der Waals surface area contributed by atoms with Crippen molar-refractivity contribution in [1.29, 1.82) is 0 Å². The number of pyridine rings is 4. The minimum Gasteiger partial charge on any atom is -0.207 e. The van der Waals surface area contributed by atoms with Crippen molar-refractivity contribution in [3.8, 4) is 89.5 Å². The summed E-state index contributed by atoms with van der Waals surface area (Å²) in [7, 11) is 7.32. The molecule has 6 heteroatoms. The number of benzene rings is 12. The van der Waals surface area contributed by atoms with Gasteiger partial charge in [0.2, 0.25) is 22.8 Å². The highest BCUT2D eigenvalue weighted by molar-refractivity contribution is 6.88. The van der Waals surface area contributed by atoms with Crippen molar-refractivity contribution in [3.05, 3.63) is 353 Å². The molecule has 0 aliphatic heterocycles. The highest BCUT2D eigenvalue weighted by atomic mass is 28.3. The number of aromatic nitrogens is 4. The van der Waals surface area contributed by atoms with Gasteiger partial charge in [0.15, 0.2) is 24.8 Å². The van der Waals surface area contributed by atoms with Gasteiger partial charge in [-0.15, -0.1) is 0 Å².